The van der Waals surface area contributed by atoms with Crippen LogP contribution < -0.4 is 0 Å². The predicted molar refractivity (Wildman–Crippen MR) is 66.2 cm³/mol. The van der Waals surface area contributed by atoms with Crippen LogP contribution in [0.4, 0.5) is 0 Å². The second-order valence-electron chi connectivity index (χ2n) is 3.88. The number of hydrogen-bond acceptors (Lipinski definition) is 3. The molecular weight excluding hydrogens is 234 g/mol. The molecule has 0 spiro atoms. The molecule has 0 unspecified atom stereocenters. The summed E-state index contributed by atoms with van der Waals surface area (Å²) in [6.45, 7) is -0.0183. The topological polar surface area (TPSA) is 66.8 Å². The molecule has 0 aliphatic rings. The van der Waals surface area contributed by atoms with Gasteiger partial charge in [-0.15, -0.1) is 0 Å². The number of hydrogen-bond donors (Lipinski definition) is 1. The molecule has 1 amide bonds. The summed E-state index contributed by atoms with van der Waals surface area (Å²) in [5, 5.41) is 8.76. The number of methoxy groups -OCH3 is 1. The average molecular weight is 251 g/mol. The summed E-state index contributed by atoms with van der Waals surface area (Å²) in [6.07, 6.45) is 0.629. The number of benzene rings is 1. The van der Waals surface area contributed by atoms with Crippen LogP contribution in [0.2, 0.25) is 0 Å². The normalized spacial score (nSPS) is 10.1. The fraction of sp³-hybridized carbons (Fsp3) is 0.385. The molecule has 0 aromatic heterocycles. The zero-order valence-corrected chi connectivity index (χ0v) is 10.3. The summed E-state index contributed by atoms with van der Waals surface area (Å²) in [6, 6.07) is 9.62. The Morgan fingerprint density at radius 3 is 2.50 bits per heavy atom. The van der Waals surface area contributed by atoms with Crippen molar-refractivity contribution in [2.45, 2.75) is 6.42 Å². The molecule has 0 bridgehead atoms. The molecule has 5 nitrogen and oxygen atoms in total. The summed E-state index contributed by atoms with van der Waals surface area (Å²) in [7, 11) is 1.41. The van der Waals surface area contributed by atoms with E-state index in [-0.39, 0.29) is 19.1 Å². The van der Waals surface area contributed by atoms with E-state index in [1.807, 2.05) is 30.3 Å². The van der Waals surface area contributed by atoms with E-state index in [9.17, 15) is 9.59 Å². The van der Waals surface area contributed by atoms with Crippen LogP contribution in [-0.4, -0.2) is 48.7 Å². The number of ether oxygens (including phenoxy) is 1. The highest BCUT2D eigenvalue weighted by Gasteiger charge is 2.16. The zero-order valence-electron chi connectivity index (χ0n) is 10.3. The number of carbonyl (C=O) groups is 2. The van der Waals surface area contributed by atoms with Crippen LogP contribution in [0, 0.1) is 0 Å². The van der Waals surface area contributed by atoms with E-state index < -0.39 is 5.97 Å². The lowest BCUT2D eigenvalue weighted by Gasteiger charge is -2.20. The number of nitrogens with zero attached hydrogens (tertiary/aromatic N) is 1. The van der Waals surface area contributed by atoms with Gasteiger partial charge in [0.1, 0.15) is 13.2 Å². The van der Waals surface area contributed by atoms with Gasteiger partial charge in [0.2, 0.25) is 5.91 Å². The van der Waals surface area contributed by atoms with Crippen molar-refractivity contribution in [2.75, 3.05) is 26.8 Å². The van der Waals surface area contributed by atoms with Crippen molar-refractivity contribution in [1.29, 1.82) is 0 Å². The predicted octanol–water partition coefficient (Wildman–Crippen LogP) is 0.789. The monoisotopic (exact) mass is 251 g/mol. The third-order valence-electron chi connectivity index (χ3n) is 2.46. The van der Waals surface area contributed by atoms with Crippen molar-refractivity contribution in [1.82, 2.24) is 4.90 Å². The maximum atomic E-state index is 11.6. The van der Waals surface area contributed by atoms with Crippen molar-refractivity contribution in [3.8, 4) is 0 Å². The Morgan fingerprint density at radius 2 is 1.94 bits per heavy atom. The molecule has 18 heavy (non-hydrogen) atoms. The van der Waals surface area contributed by atoms with E-state index in [4.69, 9.17) is 9.84 Å². The van der Waals surface area contributed by atoms with Gasteiger partial charge in [-0.25, -0.2) is 0 Å². The Hall–Kier alpha value is -1.88. The first-order valence-corrected chi connectivity index (χ1v) is 5.66. The molecule has 0 aliphatic heterocycles. The van der Waals surface area contributed by atoms with Crippen molar-refractivity contribution < 1.29 is 19.4 Å². The highest BCUT2D eigenvalue weighted by molar-refractivity contribution is 5.82. The molecule has 0 saturated heterocycles. The second kappa shape index (κ2) is 7.45. The van der Waals surface area contributed by atoms with E-state index in [2.05, 4.69) is 0 Å². The van der Waals surface area contributed by atoms with E-state index >= 15 is 0 Å². The number of aliphatic carboxylic acids is 1. The van der Waals surface area contributed by atoms with Crippen molar-refractivity contribution in [3.05, 3.63) is 35.9 Å². The largest absolute Gasteiger partial charge is 0.480 e. The molecule has 1 aromatic rings. The van der Waals surface area contributed by atoms with Gasteiger partial charge >= 0.3 is 5.97 Å². The van der Waals surface area contributed by atoms with Crippen LogP contribution in [0.3, 0.4) is 0 Å². The van der Waals surface area contributed by atoms with Gasteiger partial charge in [0, 0.05) is 13.7 Å². The molecule has 1 rings (SSSR count). The van der Waals surface area contributed by atoms with Gasteiger partial charge in [0.05, 0.1) is 0 Å². The van der Waals surface area contributed by atoms with Gasteiger partial charge in [0.15, 0.2) is 0 Å². The number of carboxylic acids is 1. The first-order chi connectivity index (χ1) is 8.63. The van der Waals surface area contributed by atoms with E-state index in [0.717, 1.165) is 5.56 Å². The van der Waals surface area contributed by atoms with E-state index in [1.165, 1.54) is 12.0 Å². The molecule has 5 heteroatoms. The van der Waals surface area contributed by atoms with E-state index in [1.54, 1.807) is 0 Å². The molecule has 0 saturated carbocycles. The molecule has 1 aromatic carbocycles. The van der Waals surface area contributed by atoms with Crippen molar-refractivity contribution in [3.63, 3.8) is 0 Å². The molecule has 0 aliphatic carbocycles. The Labute approximate surface area is 106 Å². The van der Waals surface area contributed by atoms with Crippen LogP contribution in [-0.2, 0) is 20.7 Å². The minimum atomic E-state index is -1.02. The zero-order chi connectivity index (χ0) is 13.4. The maximum Gasteiger partial charge on any atom is 0.323 e. The number of amides is 1. The van der Waals surface area contributed by atoms with Crippen LogP contribution in [0.25, 0.3) is 0 Å². The fourth-order valence-electron chi connectivity index (χ4n) is 1.58. The summed E-state index contributed by atoms with van der Waals surface area (Å²) >= 11 is 0. The van der Waals surface area contributed by atoms with Crippen LogP contribution in [0.1, 0.15) is 5.56 Å². The minimum Gasteiger partial charge on any atom is -0.480 e. The van der Waals surface area contributed by atoms with Gasteiger partial charge in [-0.1, -0.05) is 30.3 Å². The summed E-state index contributed by atoms with van der Waals surface area (Å²) in [5.41, 5.74) is 1.07. The summed E-state index contributed by atoms with van der Waals surface area (Å²) < 4.78 is 4.73. The molecule has 0 heterocycles. The minimum absolute atomic E-state index is 0.0952. The maximum absolute atomic E-state index is 11.6. The molecule has 0 fully saturated rings. The lowest BCUT2D eigenvalue weighted by atomic mass is 10.1. The lowest BCUT2D eigenvalue weighted by molar-refractivity contribution is -0.146. The first kappa shape index (κ1) is 14.2. The van der Waals surface area contributed by atoms with Gasteiger partial charge < -0.3 is 14.7 Å². The van der Waals surface area contributed by atoms with Gasteiger partial charge in [0.25, 0.3) is 0 Å². The Bertz CT molecular complexity index is 391. The fourth-order valence-corrected chi connectivity index (χ4v) is 1.58. The highest BCUT2D eigenvalue weighted by Crippen LogP contribution is 2.02. The van der Waals surface area contributed by atoms with Crippen LogP contribution >= 0.6 is 0 Å². The van der Waals surface area contributed by atoms with Gasteiger partial charge in [-0.2, -0.15) is 0 Å². The third-order valence-corrected chi connectivity index (χ3v) is 2.46. The average Bonchev–Trinajstić information content (AvgIpc) is 2.35. The van der Waals surface area contributed by atoms with Gasteiger partial charge in [-0.3, -0.25) is 9.59 Å². The van der Waals surface area contributed by atoms with Crippen molar-refractivity contribution in [2.24, 2.45) is 0 Å². The Balaban J connectivity index is 2.55. The third kappa shape index (κ3) is 4.97. The van der Waals surface area contributed by atoms with Crippen LogP contribution in [0.15, 0.2) is 30.3 Å². The molecule has 0 radical (unpaired) electrons. The standard InChI is InChI=1S/C13H17NO4/c1-18-10-12(15)14(9-13(16)17)8-7-11-5-3-2-4-6-11/h2-6H,7-10H2,1H3,(H,16,17). The summed E-state index contributed by atoms with van der Waals surface area (Å²) in [4.78, 5) is 23.6. The Kier molecular flexibility index (Phi) is 5.87. The number of carbonyl (C=O) groups excluding carboxylic acids is 1. The SMILES string of the molecule is COCC(=O)N(CCc1ccccc1)CC(=O)O. The molecular formula is C13H17NO4. The van der Waals surface area contributed by atoms with Gasteiger partial charge in [-0.05, 0) is 12.0 Å². The van der Waals surface area contributed by atoms with E-state index in [0.29, 0.717) is 13.0 Å². The first-order valence-electron chi connectivity index (χ1n) is 5.66. The second-order valence-corrected chi connectivity index (χ2v) is 3.88. The highest BCUT2D eigenvalue weighted by atomic mass is 16.5. The molecule has 1 N–H and O–H groups in total. The molecule has 98 valence electrons. The smallest absolute Gasteiger partial charge is 0.323 e. The quantitative estimate of drug-likeness (QED) is 0.778. The lowest BCUT2D eigenvalue weighted by Crippen LogP contribution is -2.39. The molecule has 0 atom stereocenters. The number of carboxylic acid groups (broad SMARTS) is 1. The number of rotatable bonds is 7. The van der Waals surface area contributed by atoms with Crippen molar-refractivity contribution >= 4 is 11.9 Å². The summed E-state index contributed by atoms with van der Waals surface area (Å²) in [5.74, 6) is -1.33. The Morgan fingerprint density at radius 1 is 1.28 bits per heavy atom. The van der Waals surface area contributed by atoms with Crippen LogP contribution in [0.5, 0.6) is 0 Å².